The summed E-state index contributed by atoms with van der Waals surface area (Å²) in [6, 6.07) is 2.79. The summed E-state index contributed by atoms with van der Waals surface area (Å²) in [5.41, 5.74) is 1.07. The zero-order valence-corrected chi connectivity index (χ0v) is 9.75. The van der Waals surface area contributed by atoms with Crippen LogP contribution >= 0.6 is 11.6 Å². The lowest BCUT2D eigenvalue weighted by atomic mass is 10.3. The summed E-state index contributed by atoms with van der Waals surface area (Å²) in [5.74, 6) is 0.630. The Morgan fingerprint density at radius 2 is 2.21 bits per heavy atom. The van der Waals surface area contributed by atoms with Gasteiger partial charge in [0.05, 0.1) is 5.69 Å². The molecule has 0 aliphatic rings. The lowest BCUT2D eigenvalue weighted by Crippen LogP contribution is -2.27. The highest BCUT2D eigenvalue weighted by molar-refractivity contribution is 6.18. The molecule has 0 aliphatic carbocycles. The molecule has 80 valence electrons. The molecule has 1 atom stereocenters. The van der Waals surface area contributed by atoms with Gasteiger partial charge < -0.3 is 5.32 Å². The van der Waals surface area contributed by atoms with E-state index < -0.39 is 0 Å². The van der Waals surface area contributed by atoms with E-state index in [1.54, 1.807) is 0 Å². The van der Waals surface area contributed by atoms with Crippen LogP contribution in [-0.4, -0.2) is 21.7 Å². The normalized spacial score (nSPS) is 13.5. The van der Waals surface area contributed by atoms with E-state index in [1.807, 2.05) is 16.9 Å². The smallest absolute Gasteiger partial charge is 0.0762 e. The second-order valence-corrected chi connectivity index (χ2v) is 4.13. The first-order valence-electron chi connectivity index (χ1n) is 4.97. The van der Waals surface area contributed by atoms with E-state index in [0.717, 1.165) is 12.2 Å². The van der Waals surface area contributed by atoms with E-state index in [-0.39, 0.29) is 0 Å². The van der Waals surface area contributed by atoms with Gasteiger partial charge in [0.15, 0.2) is 0 Å². The third-order valence-corrected chi connectivity index (χ3v) is 2.52. The molecule has 4 heteroatoms. The summed E-state index contributed by atoms with van der Waals surface area (Å²) in [7, 11) is 0. The summed E-state index contributed by atoms with van der Waals surface area (Å²) in [5, 5.41) is 7.72. The van der Waals surface area contributed by atoms with Crippen molar-refractivity contribution in [2.75, 3.05) is 5.88 Å². The number of nitrogens with zero attached hydrogens (tertiary/aromatic N) is 2. The van der Waals surface area contributed by atoms with Crippen molar-refractivity contribution in [3.63, 3.8) is 0 Å². The number of hydrogen-bond acceptors (Lipinski definition) is 2. The fourth-order valence-corrected chi connectivity index (χ4v) is 1.20. The molecule has 0 radical (unpaired) electrons. The van der Waals surface area contributed by atoms with Crippen molar-refractivity contribution in [3.05, 3.63) is 18.0 Å². The first kappa shape index (κ1) is 11.5. The largest absolute Gasteiger partial charge is 0.307 e. The Kier molecular flexibility index (Phi) is 4.42. The highest BCUT2D eigenvalue weighted by Crippen LogP contribution is 2.04. The molecular formula is C10H18ClN3. The van der Waals surface area contributed by atoms with Crippen LogP contribution in [0.5, 0.6) is 0 Å². The predicted octanol–water partition coefficient (Wildman–Crippen LogP) is 2.18. The molecule has 1 unspecified atom stereocenters. The van der Waals surface area contributed by atoms with Crippen LogP contribution in [0.1, 0.15) is 32.5 Å². The monoisotopic (exact) mass is 215 g/mol. The van der Waals surface area contributed by atoms with Crippen LogP contribution in [0.4, 0.5) is 0 Å². The summed E-state index contributed by atoms with van der Waals surface area (Å²) < 4.78 is 1.96. The standard InChI is InChI=1S/C10H18ClN3/c1-8(2)14-5-4-10(13-14)7-12-9(3)6-11/h4-5,8-9,12H,6-7H2,1-3H3. The first-order valence-corrected chi connectivity index (χ1v) is 5.50. The van der Waals surface area contributed by atoms with E-state index in [4.69, 9.17) is 11.6 Å². The van der Waals surface area contributed by atoms with Gasteiger partial charge in [-0.1, -0.05) is 0 Å². The molecule has 1 aromatic heterocycles. The summed E-state index contributed by atoms with van der Waals surface area (Å²) in [6.45, 7) is 7.08. The summed E-state index contributed by atoms with van der Waals surface area (Å²) in [6.07, 6.45) is 2.01. The van der Waals surface area contributed by atoms with Crippen LogP contribution in [0.3, 0.4) is 0 Å². The molecule has 0 bridgehead atoms. The molecule has 14 heavy (non-hydrogen) atoms. The molecule has 0 fully saturated rings. The highest BCUT2D eigenvalue weighted by atomic mass is 35.5. The maximum absolute atomic E-state index is 5.69. The van der Waals surface area contributed by atoms with Gasteiger partial charge in [0, 0.05) is 30.7 Å². The topological polar surface area (TPSA) is 29.9 Å². The number of nitrogens with one attached hydrogen (secondary N) is 1. The lowest BCUT2D eigenvalue weighted by Gasteiger charge is -2.08. The quantitative estimate of drug-likeness (QED) is 0.764. The zero-order chi connectivity index (χ0) is 10.6. The molecule has 0 saturated heterocycles. The van der Waals surface area contributed by atoms with E-state index in [0.29, 0.717) is 18.0 Å². The molecule has 0 amide bonds. The van der Waals surface area contributed by atoms with E-state index >= 15 is 0 Å². The Balaban J connectivity index is 2.44. The van der Waals surface area contributed by atoms with Gasteiger partial charge in [-0.15, -0.1) is 11.6 Å². The van der Waals surface area contributed by atoms with Gasteiger partial charge in [0.25, 0.3) is 0 Å². The third kappa shape index (κ3) is 3.31. The number of rotatable bonds is 5. The molecule has 0 spiro atoms. The number of aromatic nitrogens is 2. The lowest BCUT2D eigenvalue weighted by molar-refractivity contribution is 0.515. The molecule has 1 heterocycles. The van der Waals surface area contributed by atoms with Crippen molar-refractivity contribution < 1.29 is 0 Å². The fourth-order valence-electron chi connectivity index (χ4n) is 1.09. The van der Waals surface area contributed by atoms with E-state index in [2.05, 4.69) is 31.2 Å². The van der Waals surface area contributed by atoms with Crippen LogP contribution in [0.25, 0.3) is 0 Å². The number of alkyl halides is 1. The van der Waals surface area contributed by atoms with Gasteiger partial charge in [-0.2, -0.15) is 5.10 Å². The molecule has 1 rings (SSSR count). The predicted molar refractivity (Wildman–Crippen MR) is 59.6 cm³/mol. The van der Waals surface area contributed by atoms with Crippen LogP contribution in [0.2, 0.25) is 0 Å². The minimum absolute atomic E-state index is 0.334. The van der Waals surface area contributed by atoms with Crippen molar-refractivity contribution in [1.82, 2.24) is 15.1 Å². The van der Waals surface area contributed by atoms with Crippen molar-refractivity contribution in [2.45, 2.75) is 39.4 Å². The Bertz CT molecular complexity index is 270. The van der Waals surface area contributed by atoms with Crippen molar-refractivity contribution in [1.29, 1.82) is 0 Å². The summed E-state index contributed by atoms with van der Waals surface area (Å²) >= 11 is 5.69. The molecule has 0 aliphatic heterocycles. The second kappa shape index (κ2) is 5.37. The van der Waals surface area contributed by atoms with Crippen LogP contribution < -0.4 is 5.32 Å². The Labute approximate surface area is 90.4 Å². The minimum Gasteiger partial charge on any atom is -0.307 e. The van der Waals surface area contributed by atoms with E-state index in [1.165, 1.54) is 0 Å². The van der Waals surface area contributed by atoms with Gasteiger partial charge in [-0.05, 0) is 26.8 Å². The summed E-state index contributed by atoms with van der Waals surface area (Å²) in [4.78, 5) is 0. The number of hydrogen-bond donors (Lipinski definition) is 1. The molecule has 1 aromatic rings. The van der Waals surface area contributed by atoms with Crippen molar-refractivity contribution in [2.24, 2.45) is 0 Å². The SMILES string of the molecule is CC(CCl)NCc1ccn(C(C)C)n1. The maximum Gasteiger partial charge on any atom is 0.0762 e. The average Bonchev–Trinajstić information content (AvgIpc) is 2.62. The van der Waals surface area contributed by atoms with Gasteiger partial charge in [-0.3, -0.25) is 4.68 Å². The van der Waals surface area contributed by atoms with Gasteiger partial charge in [0.2, 0.25) is 0 Å². The van der Waals surface area contributed by atoms with E-state index in [9.17, 15) is 0 Å². The van der Waals surface area contributed by atoms with Crippen molar-refractivity contribution in [3.8, 4) is 0 Å². The second-order valence-electron chi connectivity index (χ2n) is 3.82. The fraction of sp³-hybridized carbons (Fsp3) is 0.700. The highest BCUT2D eigenvalue weighted by Gasteiger charge is 2.03. The average molecular weight is 216 g/mol. The van der Waals surface area contributed by atoms with Gasteiger partial charge >= 0.3 is 0 Å². The Morgan fingerprint density at radius 3 is 2.71 bits per heavy atom. The van der Waals surface area contributed by atoms with Gasteiger partial charge in [0.1, 0.15) is 0 Å². The minimum atomic E-state index is 0.334. The number of halogens is 1. The third-order valence-electron chi connectivity index (χ3n) is 2.06. The molecule has 0 saturated carbocycles. The van der Waals surface area contributed by atoms with Crippen molar-refractivity contribution >= 4 is 11.6 Å². The molecular weight excluding hydrogens is 198 g/mol. The molecule has 1 N–H and O–H groups in total. The molecule has 0 aromatic carbocycles. The van der Waals surface area contributed by atoms with Crippen LogP contribution in [0, 0.1) is 0 Å². The van der Waals surface area contributed by atoms with Crippen LogP contribution in [-0.2, 0) is 6.54 Å². The van der Waals surface area contributed by atoms with Gasteiger partial charge in [-0.25, -0.2) is 0 Å². The first-order chi connectivity index (χ1) is 6.63. The maximum atomic E-state index is 5.69. The van der Waals surface area contributed by atoms with Crippen LogP contribution in [0.15, 0.2) is 12.3 Å². The Morgan fingerprint density at radius 1 is 1.50 bits per heavy atom. The Hall–Kier alpha value is -0.540. The molecule has 3 nitrogen and oxygen atoms in total. The zero-order valence-electron chi connectivity index (χ0n) is 9.00.